The summed E-state index contributed by atoms with van der Waals surface area (Å²) in [4.78, 5) is 0. The van der Waals surface area contributed by atoms with Crippen LogP contribution in [-0.4, -0.2) is 5.71 Å². The average molecular weight is 276 g/mol. The fourth-order valence-electron chi connectivity index (χ4n) is 1.45. The van der Waals surface area contributed by atoms with Gasteiger partial charge < -0.3 is 5.41 Å². The smallest absolute Gasteiger partial charge is 0 e. The molecule has 0 amide bonds. The van der Waals surface area contributed by atoms with E-state index in [0.717, 1.165) is 11.1 Å². The summed E-state index contributed by atoms with van der Waals surface area (Å²) < 4.78 is 0. The van der Waals surface area contributed by atoms with Gasteiger partial charge in [0.15, 0.2) is 0 Å². The van der Waals surface area contributed by atoms with E-state index in [2.05, 4.69) is 33.8 Å². The van der Waals surface area contributed by atoms with Crippen LogP contribution in [0.1, 0.15) is 27.7 Å². The molecule has 0 aromatic rings. The minimum Gasteiger partial charge on any atom is -0.872 e. The molecular formula is C13H17NY-2. The Hall–Kier alpha value is -0.00610. The molecule has 0 saturated carbocycles. The van der Waals surface area contributed by atoms with Gasteiger partial charge in [0.1, 0.15) is 0 Å². The van der Waals surface area contributed by atoms with Gasteiger partial charge in [0.05, 0.1) is 0 Å². The summed E-state index contributed by atoms with van der Waals surface area (Å²) in [6.07, 6.45) is 9.06. The number of allylic oxidation sites excluding steroid dienone is 6. The predicted octanol–water partition coefficient (Wildman–Crippen LogP) is 3.53. The van der Waals surface area contributed by atoms with Crippen LogP contribution in [0.3, 0.4) is 0 Å². The molecule has 0 aromatic heterocycles. The molecule has 0 spiro atoms. The van der Waals surface area contributed by atoms with Crippen molar-refractivity contribution in [2.24, 2.45) is 11.8 Å². The predicted molar refractivity (Wildman–Crippen MR) is 62.0 cm³/mol. The van der Waals surface area contributed by atoms with Crippen molar-refractivity contribution in [1.82, 2.24) is 0 Å². The van der Waals surface area contributed by atoms with E-state index in [0.29, 0.717) is 17.5 Å². The first-order valence-corrected chi connectivity index (χ1v) is 5.10. The third-order valence-electron chi connectivity index (χ3n) is 2.13. The molecule has 0 N–H and O–H groups in total. The molecule has 0 aromatic carbocycles. The van der Waals surface area contributed by atoms with Gasteiger partial charge in [-0.2, -0.15) is 12.2 Å². The van der Waals surface area contributed by atoms with Crippen LogP contribution in [0.25, 0.3) is 5.41 Å². The maximum absolute atomic E-state index is 9.95. The summed E-state index contributed by atoms with van der Waals surface area (Å²) in [6, 6.07) is 0. The first kappa shape index (κ1) is 15.0. The molecule has 0 aliphatic heterocycles. The summed E-state index contributed by atoms with van der Waals surface area (Å²) in [6.45, 7) is 8.27. The average Bonchev–Trinajstić information content (AvgIpc) is 2.07. The summed E-state index contributed by atoms with van der Waals surface area (Å²) in [5, 5.41) is 9.95. The molecule has 15 heavy (non-hydrogen) atoms. The maximum atomic E-state index is 9.95. The molecule has 0 saturated heterocycles. The van der Waals surface area contributed by atoms with Crippen LogP contribution >= 0.6 is 0 Å². The van der Waals surface area contributed by atoms with Crippen molar-refractivity contribution in [3.05, 3.63) is 40.9 Å². The summed E-state index contributed by atoms with van der Waals surface area (Å²) in [5.74, 6) is 0.687. The van der Waals surface area contributed by atoms with Gasteiger partial charge in [0.25, 0.3) is 0 Å². The molecule has 1 rings (SSSR count). The minimum absolute atomic E-state index is 0. The van der Waals surface area contributed by atoms with Gasteiger partial charge in [-0.1, -0.05) is 39.7 Å². The van der Waals surface area contributed by atoms with E-state index < -0.39 is 0 Å². The largest absolute Gasteiger partial charge is 0.872 e. The second kappa shape index (κ2) is 6.55. The van der Waals surface area contributed by atoms with Crippen LogP contribution in [0.4, 0.5) is 0 Å². The van der Waals surface area contributed by atoms with Gasteiger partial charge in [-0.15, -0.1) is 11.6 Å². The standard InChI is InChI=1S/C13H17N.Y/c1-9(2)8-11-6-5-7-12(10(3)4)13(11)14;/h5-7,9-10H,1-4H3;/q-2;. The van der Waals surface area contributed by atoms with Crippen LogP contribution in [0.15, 0.2) is 29.4 Å². The summed E-state index contributed by atoms with van der Waals surface area (Å²) in [7, 11) is 0. The Bertz CT molecular complexity index is 319. The van der Waals surface area contributed by atoms with Crippen molar-refractivity contribution in [3.8, 4) is 0 Å². The monoisotopic (exact) mass is 276 g/mol. The van der Waals surface area contributed by atoms with Crippen molar-refractivity contribution in [2.45, 2.75) is 27.7 Å². The van der Waals surface area contributed by atoms with Crippen LogP contribution in [0.2, 0.25) is 0 Å². The van der Waals surface area contributed by atoms with Crippen molar-refractivity contribution in [3.63, 3.8) is 0 Å². The minimum atomic E-state index is 0. The fraction of sp³-hybridized carbons (Fsp3) is 0.462. The molecule has 1 aliphatic rings. The SMILES string of the molecule is CC(C)[C-]=C1C=CC=C(C(C)C)C1=[N-].[Y]. The molecule has 1 aliphatic carbocycles. The van der Waals surface area contributed by atoms with E-state index in [1.165, 1.54) is 0 Å². The first-order chi connectivity index (χ1) is 6.52. The van der Waals surface area contributed by atoms with E-state index in [1.807, 2.05) is 18.2 Å². The molecule has 0 unspecified atom stereocenters. The number of nitrogens with zero attached hydrogens (tertiary/aromatic N) is 1. The number of hydrogen-bond donors (Lipinski definition) is 0. The zero-order chi connectivity index (χ0) is 10.7. The van der Waals surface area contributed by atoms with Gasteiger partial charge in [-0.05, 0) is 5.92 Å². The van der Waals surface area contributed by atoms with Crippen molar-refractivity contribution in [1.29, 1.82) is 0 Å². The molecule has 0 heterocycles. The Morgan fingerprint density at radius 2 is 1.80 bits per heavy atom. The van der Waals surface area contributed by atoms with Crippen molar-refractivity contribution < 1.29 is 32.7 Å². The molecule has 79 valence electrons. The number of hydrogen-bond acceptors (Lipinski definition) is 0. The molecule has 0 fully saturated rings. The van der Waals surface area contributed by atoms with Crippen molar-refractivity contribution in [2.75, 3.05) is 0 Å². The van der Waals surface area contributed by atoms with Gasteiger partial charge >= 0.3 is 0 Å². The van der Waals surface area contributed by atoms with E-state index >= 15 is 0 Å². The fourth-order valence-corrected chi connectivity index (χ4v) is 1.45. The topological polar surface area (TPSA) is 22.3 Å². The normalized spacial score (nSPS) is 18.4. The number of rotatable bonds is 2. The zero-order valence-corrected chi connectivity index (χ0v) is 12.7. The molecule has 0 atom stereocenters. The maximum Gasteiger partial charge on any atom is 0 e. The molecule has 0 bridgehead atoms. The van der Waals surface area contributed by atoms with E-state index in [9.17, 15) is 5.41 Å². The third-order valence-corrected chi connectivity index (χ3v) is 2.13. The third kappa shape index (κ3) is 4.16. The van der Waals surface area contributed by atoms with Crippen LogP contribution in [-0.2, 0) is 32.7 Å². The quantitative estimate of drug-likeness (QED) is 0.688. The van der Waals surface area contributed by atoms with Crippen LogP contribution in [0, 0.1) is 17.9 Å². The Balaban J connectivity index is 0.00000196. The second-order valence-electron chi connectivity index (χ2n) is 4.20. The molecular weight excluding hydrogens is 259 g/mol. The Morgan fingerprint density at radius 3 is 2.27 bits per heavy atom. The van der Waals surface area contributed by atoms with Gasteiger partial charge in [0, 0.05) is 32.7 Å². The van der Waals surface area contributed by atoms with Gasteiger partial charge in [0.2, 0.25) is 0 Å². The van der Waals surface area contributed by atoms with Crippen LogP contribution < -0.4 is 0 Å². The molecule has 2 heteroatoms. The zero-order valence-electron chi connectivity index (χ0n) is 9.91. The first-order valence-electron chi connectivity index (χ1n) is 5.10. The Labute approximate surface area is 118 Å². The molecule has 1 nitrogen and oxygen atoms in total. The van der Waals surface area contributed by atoms with E-state index in [-0.39, 0.29) is 32.7 Å². The Kier molecular flexibility index (Phi) is 6.55. The van der Waals surface area contributed by atoms with Crippen molar-refractivity contribution >= 4 is 5.71 Å². The Morgan fingerprint density at radius 1 is 1.20 bits per heavy atom. The van der Waals surface area contributed by atoms with Gasteiger partial charge in [-0.25, -0.2) is 5.57 Å². The van der Waals surface area contributed by atoms with E-state index in [4.69, 9.17) is 0 Å². The summed E-state index contributed by atoms with van der Waals surface area (Å²) in [5.41, 5.74) is 2.21. The summed E-state index contributed by atoms with van der Waals surface area (Å²) >= 11 is 0. The van der Waals surface area contributed by atoms with E-state index in [1.54, 1.807) is 0 Å². The van der Waals surface area contributed by atoms with Crippen LogP contribution in [0.5, 0.6) is 0 Å². The molecule has 1 radical (unpaired) electrons. The van der Waals surface area contributed by atoms with Gasteiger partial charge in [-0.3, -0.25) is 5.71 Å². The second-order valence-corrected chi connectivity index (χ2v) is 4.20.